The Labute approximate surface area is 135 Å². The number of ketones is 1. The van der Waals surface area contributed by atoms with Crippen LogP contribution >= 0.6 is 0 Å². The highest BCUT2D eigenvalue weighted by Gasteiger charge is 2.34. The topological polar surface area (TPSA) is 51.2 Å². The van der Waals surface area contributed by atoms with Gasteiger partial charge < -0.3 is 10.1 Å². The molecule has 0 bridgehead atoms. The van der Waals surface area contributed by atoms with Crippen LogP contribution in [0.2, 0.25) is 0 Å². The number of ether oxygens (including phenoxy) is 1. The van der Waals surface area contributed by atoms with Crippen molar-refractivity contribution in [2.24, 2.45) is 0 Å². The van der Waals surface area contributed by atoms with Crippen molar-refractivity contribution in [2.75, 3.05) is 18.5 Å². The summed E-state index contributed by atoms with van der Waals surface area (Å²) >= 11 is 0. The predicted molar refractivity (Wildman–Crippen MR) is 79.6 cm³/mol. The van der Waals surface area contributed by atoms with Crippen LogP contribution in [-0.4, -0.2) is 23.9 Å². The minimum Gasteiger partial charge on any atom is -0.475 e. The minimum absolute atomic E-state index is 0.0671. The summed E-state index contributed by atoms with van der Waals surface area (Å²) in [5.74, 6) is -1.66. The molecule has 2 rings (SSSR count). The predicted octanol–water partition coefficient (Wildman–Crippen LogP) is 3.93. The molecule has 0 aliphatic rings. The van der Waals surface area contributed by atoms with Gasteiger partial charge in [0.1, 0.15) is 18.0 Å². The number of nitrogens with zero attached hydrogens (tertiary/aromatic N) is 1. The van der Waals surface area contributed by atoms with Crippen molar-refractivity contribution in [3.05, 3.63) is 53.5 Å². The maximum Gasteiger partial charge on any atom is 0.421 e. The molecular weight excluding hydrogens is 328 g/mol. The normalized spacial score (nSPS) is 11.2. The number of anilines is 1. The average Bonchev–Trinajstić information content (AvgIpc) is 2.50. The van der Waals surface area contributed by atoms with Crippen molar-refractivity contribution in [1.82, 2.24) is 4.98 Å². The molecule has 4 nitrogen and oxygen atoms in total. The van der Waals surface area contributed by atoms with Gasteiger partial charge in [0.25, 0.3) is 0 Å². The van der Waals surface area contributed by atoms with E-state index in [1.807, 2.05) is 0 Å². The van der Waals surface area contributed by atoms with Crippen LogP contribution in [0.15, 0.2) is 36.5 Å². The molecule has 0 radical (unpaired) electrons. The van der Waals surface area contributed by atoms with Crippen LogP contribution in [-0.2, 0) is 6.18 Å². The molecular formula is C16H14F4N2O2. The third-order valence-corrected chi connectivity index (χ3v) is 3.10. The number of pyridine rings is 1. The third kappa shape index (κ3) is 4.21. The van der Waals surface area contributed by atoms with Gasteiger partial charge in [0.2, 0.25) is 5.88 Å². The molecule has 0 saturated carbocycles. The van der Waals surface area contributed by atoms with E-state index in [2.05, 4.69) is 10.3 Å². The molecule has 0 spiro atoms. The number of aromatic nitrogens is 1. The number of rotatable bonds is 6. The standard InChI is InChI=1S/C16H14F4N2O2/c1-10(23)14-12(17)5-2-6-13(14)21-8-9-24-15-11(16(18,19)20)4-3-7-22-15/h2-7,21H,8-9H2,1H3. The lowest BCUT2D eigenvalue weighted by atomic mass is 10.1. The molecule has 2 aromatic rings. The summed E-state index contributed by atoms with van der Waals surface area (Å²) in [7, 11) is 0. The molecule has 0 amide bonds. The number of hydrogen-bond donors (Lipinski definition) is 1. The molecule has 1 heterocycles. The summed E-state index contributed by atoms with van der Waals surface area (Å²) in [4.78, 5) is 15.0. The van der Waals surface area contributed by atoms with E-state index in [1.165, 1.54) is 31.3 Å². The quantitative estimate of drug-likeness (QED) is 0.491. The van der Waals surface area contributed by atoms with E-state index in [4.69, 9.17) is 4.74 Å². The Morgan fingerprint density at radius 2 is 2.00 bits per heavy atom. The van der Waals surface area contributed by atoms with Crippen LogP contribution < -0.4 is 10.1 Å². The van der Waals surface area contributed by atoms with Gasteiger partial charge in [0.05, 0.1) is 5.56 Å². The maximum absolute atomic E-state index is 13.6. The first-order valence-corrected chi connectivity index (χ1v) is 6.99. The first kappa shape index (κ1) is 17.7. The summed E-state index contributed by atoms with van der Waals surface area (Å²) < 4.78 is 57.1. The van der Waals surface area contributed by atoms with E-state index >= 15 is 0 Å². The Morgan fingerprint density at radius 1 is 1.25 bits per heavy atom. The lowest BCUT2D eigenvalue weighted by Gasteiger charge is -2.14. The fraction of sp³-hybridized carbons (Fsp3) is 0.250. The van der Waals surface area contributed by atoms with Crippen LogP contribution in [0.25, 0.3) is 0 Å². The van der Waals surface area contributed by atoms with Crippen molar-refractivity contribution in [2.45, 2.75) is 13.1 Å². The van der Waals surface area contributed by atoms with Gasteiger partial charge in [-0.1, -0.05) is 6.07 Å². The highest BCUT2D eigenvalue weighted by atomic mass is 19.4. The van der Waals surface area contributed by atoms with Gasteiger partial charge in [-0.15, -0.1) is 0 Å². The Morgan fingerprint density at radius 3 is 2.67 bits per heavy atom. The van der Waals surface area contributed by atoms with E-state index in [9.17, 15) is 22.4 Å². The Kier molecular flexibility index (Phi) is 5.38. The molecule has 0 unspecified atom stereocenters. The lowest BCUT2D eigenvalue weighted by molar-refractivity contribution is -0.139. The first-order chi connectivity index (χ1) is 11.3. The van der Waals surface area contributed by atoms with E-state index in [-0.39, 0.29) is 24.4 Å². The van der Waals surface area contributed by atoms with Crippen molar-refractivity contribution in [3.8, 4) is 5.88 Å². The van der Waals surface area contributed by atoms with E-state index in [1.54, 1.807) is 0 Å². The second-order valence-electron chi connectivity index (χ2n) is 4.85. The number of hydrogen-bond acceptors (Lipinski definition) is 4. The number of halogens is 4. The lowest BCUT2D eigenvalue weighted by Crippen LogP contribution is -2.16. The zero-order valence-electron chi connectivity index (χ0n) is 12.7. The van der Waals surface area contributed by atoms with E-state index < -0.39 is 29.2 Å². The van der Waals surface area contributed by atoms with Gasteiger partial charge in [-0.2, -0.15) is 13.2 Å². The number of Topliss-reactive ketones (excluding diaryl/α,β-unsaturated/α-hetero) is 1. The Bertz CT molecular complexity index is 732. The SMILES string of the molecule is CC(=O)c1c(F)cccc1NCCOc1ncccc1C(F)(F)F. The van der Waals surface area contributed by atoms with Crippen LogP contribution in [0.1, 0.15) is 22.8 Å². The van der Waals surface area contributed by atoms with Crippen LogP contribution in [0, 0.1) is 5.82 Å². The van der Waals surface area contributed by atoms with Gasteiger partial charge in [0.15, 0.2) is 5.78 Å². The van der Waals surface area contributed by atoms with Crippen molar-refractivity contribution >= 4 is 11.5 Å². The molecule has 1 aromatic heterocycles. The van der Waals surface area contributed by atoms with Crippen LogP contribution in [0.3, 0.4) is 0 Å². The number of benzene rings is 1. The zero-order chi connectivity index (χ0) is 17.7. The molecule has 0 aliphatic carbocycles. The highest BCUT2D eigenvalue weighted by molar-refractivity contribution is 5.99. The maximum atomic E-state index is 13.6. The smallest absolute Gasteiger partial charge is 0.421 e. The van der Waals surface area contributed by atoms with Crippen molar-refractivity contribution < 1.29 is 27.1 Å². The highest BCUT2D eigenvalue weighted by Crippen LogP contribution is 2.34. The zero-order valence-corrected chi connectivity index (χ0v) is 12.7. The van der Waals surface area contributed by atoms with Crippen LogP contribution in [0.5, 0.6) is 5.88 Å². The fourth-order valence-electron chi connectivity index (χ4n) is 2.08. The van der Waals surface area contributed by atoms with Crippen molar-refractivity contribution in [3.63, 3.8) is 0 Å². The number of carbonyl (C=O) groups excluding carboxylic acids is 1. The molecule has 0 fully saturated rings. The van der Waals surface area contributed by atoms with Crippen molar-refractivity contribution in [1.29, 1.82) is 0 Å². The molecule has 0 saturated heterocycles. The first-order valence-electron chi connectivity index (χ1n) is 6.99. The molecule has 0 atom stereocenters. The molecule has 0 aliphatic heterocycles. The number of carbonyl (C=O) groups is 1. The van der Waals surface area contributed by atoms with E-state index in [0.29, 0.717) is 0 Å². The summed E-state index contributed by atoms with van der Waals surface area (Å²) in [5.41, 5.74) is -0.824. The summed E-state index contributed by atoms with van der Waals surface area (Å²) in [6.45, 7) is 1.15. The van der Waals surface area contributed by atoms with Crippen LogP contribution in [0.4, 0.5) is 23.2 Å². The van der Waals surface area contributed by atoms with Gasteiger partial charge in [0, 0.05) is 18.4 Å². The number of alkyl halides is 3. The number of nitrogens with one attached hydrogen (secondary N) is 1. The summed E-state index contributed by atoms with van der Waals surface area (Å²) in [5, 5.41) is 2.77. The largest absolute Gasteiger partial charge is 0.475 e. The average molecular weight is 342 g/mol. The molecule has 128 valence electrons. The molecule has 1 aromatic carbocycles. The molecule has 24 heavy (non-hydrogen) atoms. The monoisotopic (exact) mass is 342 g/mol. The Hall–Kier alpha value is -2.64. The van der Waals surface area contributed by atoms with Gasteiger partial charge in [-0.3, -0.25) is 4.79 Å². The second kappa shape index (κ2) is 7.29. The summed E-state index contributed by atoms with van der Waals surface area (Å²) in [6, 6.07) is 6.12. The van der Waals surface area contributed by atoms with E-state index in [0.717, 1.165) is 12.1 Å². The summed E-state index contributed by atoms with van der Waals surface area (Å²) in [6.07, 6.45) is -3.38. The van der Waals surface area contributed by atoms with Gasteiger partial charge in [-0.05, 0) is 31.2 Å². The van der Waals surface area contributed by atoms with Gasteiger partial charge >= 0.3 is 6.18 Å². The second-order valence-corrected chi connectivity index (χ2v) is 4.85. The minimum atomic E-state index is -4.57. The fourth-order valence-corrected chi connectivity index (χ4v) is 2.08. The molecule has 1 N–H and O–H groups in total. The Balaban J connectivity index is 2.00. The van der Waals surface area contributed by atoms with Gasteiger partial charge in [-0.25, -0.2) is 9.37 Å². The third-order valence-electron chi connectivity index (χ3n) is 3.10. The molecule has 8 heteroatoms.